The van der Waals surface area contributed by atoms with Gasteiger partial charge in [0.15, 0.2) is 0 Å². The fourth-order valence-corrected chi connectivity index (χ4v) is 2.03. The Hall–Kier alpha value is -1.10. The Labute approximate surface area is 96.1 Å². The Morgan fingerprint density at radius 2 is 2.38 bits per heavy atom. The Kier molecular flexibility index (Phi) is 4.73. The summed E-state index contributed by atoms with van der Waals surface area (Å²) in [5.41, 5.74) is 0. The summed E-state index contributed by atoms with van der Waals surface area (Å²) in [6.07, 6.45) is 0.315. The van der Waals surface area contributed by atoms with Crippen molar-refractivity contribution in [3.05, 3.63) is 0 Å². The molecule has 16 heavy (non-hydrogen) atoms. The molecule has 0 bridgehead atoms. The molecule has 5 heteroatoms. The van der Waals surface area contributed by atoms with E-state index >= 15 is 0 Å². The largest absolute Gasteiger partial charge is 0.383 e. The van der Waals surface area contributed by atoms with Crippen LogP contribution < -0.4 is 5.32 Å². The summed E-state index contributed by atoms with van der Waals surface area (Å²) >= 11 is 0. The minimum atomic E-state index is -0.202. The molecule has 2 unspecified atom stereocenters. The second-order valence-corrected chi connectivity index (χ2v) is 4.13. The van der Waals surface area contributed by atoms with Crippen molar-refractivity contribution in [2.75, 3.05) is 26.8 Å². The lowest BCUT2D eigenvalue weighted by Crippen LogP contribution is -2.44. The zero-order valence-electron chi connectivity index (χ0n) is 10.2. The monoisotopic (exact) mass is 228 g/mol. The molecule has 1 rings (SSSR count). The van der Waals surface area contributed by atoms with Gasteiger partial charge in [0.2, 0.25) is 11.8 Å². The number of carbonyl (C=O) groups is 2. The number of hydrogen-bond acceptors (Lipinski definition) is 3. The number of ether oxygens (including phenoxy) is 1. The minimum absolute atomic E-state index is 0.0335. The van der Waals surface area contributed by atoms with Gasteiger partial charge in [0.1, 0.15) is 0 Å². The molecule has 1 N–H and O–H groups in total. The van der Waals surface area contributed by atoms with Crippen LogP contribution in [-0.2, 0) is 14.3 Å². The number of hydrogen-bond donors (Lipinski definition) is 1. The van der Waals surface area contributed by atoms with Gasteiger partial charge in [-0.1, -0.05) is 0 Å². The molecule has 1 aliphatic heterocycles. The van der Waals surface area contributed by atoms with E-state index in [0.29, 0.717) is 26.1 Å². The third-order valence-electron chi connectivity index (χ3n) is 2.89. The molecule has 92 valence electrons. The minimum Gasteiger partial charge on any atom is -0.383 e. The van der Waals surface area contributed by atoms with E-state index in [2.05, 4.69) is 5.32 Å². The quantitative estimate of drug-likeness (QED) is 0.721. The topological polar surface area (TPSA) is 58.6 Å². The van der Waals surface area contributed by atoms with Gasteiger partial charge >= 0.3 is 0 Å². The van der Waals surface area contributed by atoms with Crippen LogP contribution in [0.3, 0.4) is 0 Å². The highest BCUT2D eigenvalue weighted by molar-refractivity contribution is 5.89. The van der Waals surface area contributed by atoms with E-state index in [9.17, 15) is 9.59 Å². The molecule has 0 aromatic carbocycles. The van der Waals surface area contributed by atoms with Crippen molar-refractivity contribution in [1.82, 2.24) is 10.2 Å². The van der Waals surface area contributed by atoms with Gasteiger partial charge in [-0.25, -0.2) is 0 Å². The number of nitrogens with one attached hydrogen (secondary N) is 1. The maximum Gasteiger partial charge on any atom is 0.228 e. The van der Waals surface area contributed by atoms with Crippen LogP contribution in [0, 0.1) is 5.92 Å². The van der Waals surface area contributed by atoms with Gasteiger partial charge in [-0.3, -0.25) is 9.59 Å². The van der Waals surface area contributed by atoms with Crippen LogP contribution in [0.2, 0.25) is 0 Å². The van der Waals surface area contributed by atoms with E-state index in [4.69, 9.17) is 4.74 Å². The summed E-state index contributed by atoms with van der Waals surface area (Å²) in [5.74, 6) is -0.189. The molecule has 0 aromatic rings. The highest BCUT2D eigenvalue weighted by Gasteiger charge is 2.32. The normalized spacial score (nSPS) is 21.7. The van der Waals surface area contributed by atoms with E-state index in [0.717, 1.165) is 0 Å². The highest BCUT2D eigenvalue weighted by Crippen LogP contribution is 2.14. The number of amides is 2. The Balaban J connectivity index is 2.58. The highest BCUT2D eigenvalue weighted by atomic mass is 16.5. The summed E-state index contributed by atoms with van der Waals surface area (Å²) in [6.45, 7) is 5.53. The van der Waals surface area contributed by atoms with Crippen LogP contribution in [0.25, 0.3) is 0 Å². The predicted octanol–water partition coefficient (Wildman–Crippen LogP) is 0.00590. The van der Waals surface area contributed by atoms with E-state index in [-0.39, 0.29) is 23.8 Å². The molecule has 2 amide bonds. The van der Waals surface area contributed by atoms with Crippen molar-refractivity contribution < 1.29 is 14.3 Å². The first-order valence-electron chi connectivity index (χ1n) is 5.66. The molecule has 1 aliphatic rings. The molecule has 0 spiro atoms. The average Bonchev–Trinajstić information content (AvgIpc) is 2.66. The molecule has 0 saturated carbocycles. The molecule has 0 aliphatic carbocycles. The predicted molar refractivity (Wildman–Crippen MR) is 59.8 cm³/mol. The summed E-state index contributed by atoms with van der Waals surface area (Å²) in [4.78, 5) is 24.9. The van der Waals surface area contributed by atoms with Gasteiger partial charge in [0, 0.05) is 26.6 Å². The molecule has 1 fully saturated rings. The van der Waals surface area contributed by atoms with Gasteiger partial charge in [-0.2, -0.15) is 0 Å². The standard InChI is InChI=1S/C11H20N2O3/c1-4-13(8(2)7-16-3)11(15)9-5-10(14)12-6-9/h8-9H,4-7H2,1-3H3,(H,12,14). The fraction of sp³-hybridized carbons (Fsp3) is 0.818. The molecule has 0 radical (unpaired) electrons. The van der Waals surface area contributed by atoms with Crippen LogP contribution in [-0.4, -0.2) is 49.6 Å². The first-order chi connectivity index (χ1) is 7.60. The zero-order chi connectivity index (χ0) is 12.1. The molecule has 5 nitrogen and oxygen atoms in total. The van der Waals surface area contributed by atoms with E-state index in [1.807, 2.05) is 13.8 Å². The molecule has 1 saturated heterocycles. The Bertz CT molecular complexity index is 268. The SMILES string of the molecule is CCN(C(=O)C1CNC(=O)C1)C(C)COC. The smallest absolute Gasteiger partial charge is 0.228 e. The first kappa shape index (κ1) is 13.0. The van der Waals surface area contributed by atoms with E-state index < -0.39 is 0 Å². The third-order valence-corrected chi connectivity index (χ3v) is 2.89. The van der Waals surface area contributed by atoms with Gasteiger partial charge in [-0.15, -0.1) is 0 Å². The third kappa shape index (κ3) is 2.95. The lowest BCUT2D eigenvalue weighted by Gasteiger charge is -2.29. The number of likely N-dealkylation sites (N-methyl/N-ethyl adjacent to an activating group) is 1. The lowest BCUT2D eigenvalue weighted by molar-refractivity contribution is -0.138. The fourth-order valence-electron chi connectivity index (χ4n) is 2.03. The average molecular weight is 228 g/mol. The van der Waals surface area contributed by atoms with Crippen molar-refractivity contribution in [1.29, 1.82) is 0 Å². The molecule has 2 atom stereocenters. The number of methoxy groups -OCH3 is 1. The Morgan fingerprint density at radius 3 is 2.81 bits per heavy atom. The maximum atomic E-state index is 12.1. The molecule has 1 heterocycles. The second kappa shape index (κ2) is 5.84. The summed E-state index contributed by atoms with van der Waals surface area (Å²) < 4.78 is 5.04. The van der Waals surface area contributed by atoms with Crippen LogP contribution in [0.4, 0.5) is 0 Å². The Morgan fingerprint density at radius 1 is 1.69 bits per heavy atom. The van der Waals surface area contributed by atoms with Crippen LogP contribution in [0.1, 0.15) is 20.3 Å². The number of carbonyl (C=O) groups excluding carboxylic acids is 2. The van der Waals surface area contributed by atoms with Crippen molar-refractivity contribution in [2.24, 2.45) is 5.92 Å². The summed E-state index contributed by atoms with van der Waals surface area (Å²) in [5, 5.41) is 2.68. The molecular formula is C11H20N2O3. The van der Waals surface area contributed by atoms with Crippen LogP contribution in [0.5, 0.6) is 0 Å². The molecule has 0 aromatic heterocycles. The van der Waals surface area contributed by atoms with E-state index in [1.165, 1.54) is 0 Å². The van der Waals surface area contributed by atoms with Gasteiger partial charge in [0.25, 0.3) is 0 Å². The van der Waals surface area contributed by atoms with Gasteiger partial charge < -0.3 is 15.0 Å². The zero-order valence-corrected chi connectivity index (χ0v) is 10.2. The summed E-state index contributed by atoms with van der Waals surface area (Å²) in [6, 6.07) is 0.0539. The maximum absolute atomic E-state index is 12.1. The van der Waals surface area contributed by atoms with Crippen molar-refractivity contribution in [3.8, 4) is 0 Å². The van der Waals surface area contributed by atoms with Gasteiger partial charge in [0.05, 0.1) is 18.6 Å². The molecular weight excluding hydrogens is 208 g/mol. The first-order valence-corrected chi connectivity index (χ1v) is 5.66. The number of nitrogens with zero attached hydrogens (tertiary/aromatic N) is 1. The van der Waals surface area contributed by atoms with Crippen molar-refractivity contribution in [3.63, 3.8) is 0 Å². The van der Waals surface area contributed by atoms with Crippen molar-refractivity contribution >= 4 is 11.8 Å². The van der Waals surface area contributed by atoms with E-state index in [1.54, 1.807) is 12.0 Å². The van der Waals surface area contributed by atoms with Crippen LogP contribution in [0.15, 0.2) is 0 Å². The second-order valence-electron chi connectivity index (χ2n) is 4.13. The summed E-state index contributed by atoms with van der Waals surface area (Å²) in [7, 11) is 1.62. The lowest BCUT2D eigenvalue weighted by atomic mass is 10.1. The van der Waals surface area contributed by atoms with Crippen molar-refractivity contribution in [2.45, 2.75) is 26.3 Å². The van der Waals surface area contributed by atoms with Gasteiger partial charge in [-0.05, 0) is 13.8 Å². The van der Waals surface area contributed by atoms with Crippen LogP contribution >= 0.6 is 0 Å². The number of rotatable bonds is 5.